The van der Waals surface area contributed by atoms with Gasteiger partial charge >= 0.3 is 0 Å². The van der Waals surface area contributed by atoms with Gasteiger partial charge in [-0.2, -0.15) is 4.98 Å². The fraction of sp³-hybridized carbons (Fsp3) is 0.375. The van der Waals surface area contributed by atoms with Gasteiger partial charge in [0, 0.05) is 24.1 Å². The van der Waals surface area contributed by atoms with Crippen LogP contribution in [0.15, 0.2) is 40.9 Å². The van der Waals surface area contributed by atoms with Crippen LogP contribution in [0.2, 0.25) is 0 Å². The van der Waals surface area contributed by atoms with Gasteiger partial charge in [0.1, 0.15) is 5.82 Å². The number of anilines is 1. The van der Waals surface area contributed by atoms with Crippen molar-refractivity contribution in [1.29, 1.82) is 0 Å². The van der Waals surface area contributed by atoms with Crippen LogP contribution in [0.25, 0.3) is 11.4 Å². The molecule has 0 aliphatic heterocycles. The first-order chi connectivity index (χ1) is 14.3. The lowest BCUT2D eigenvalue weighted by Gasteiger charge is -2.20. The van der Waals surface area contributed by atoms with E-state index in [1.54, 1.807) is 19.1 Å². The molecule has 1 N–H and O–H groups in total. The summed E-state index contributed by atoms with van der Waals surface area (Å²) in [5.41, 5.74) is 4.24. The SMILES string of the molecule is Cc1ccc(-c2noc(CCC(=O)Nc3c(C(C)C)cccc3C(C)C)n2)cc1F. The van der Waals surface area contributed by atoms with Gasteiger partial charge in [0.25, 0.3) is 0 Å². The summed E-state index contributed by atoms with van der Waals surface area (Å²) in [6, 6.07) is 10.9. The molecule has 5 nitrogen and oxygen atoms in total. The average Bonchev–Trinajstić information content (AvgIpc) is 3.17. The van der Waals surface area contributed by atoms with Crippen molar-refractivity contribution in [1.82, 2.24) is 10.1 Å². The van der Waals surface area contributed by atoms with Crippen LogP contribution in [-0.4, -0.2) is 16.0 Å². The molecule has 0 radical (unpaired) electrons. The summed E-state index contributed by atoms with van der Waals surface area (Å²) in [6.07, 6.45) is 0.530. The minimum atomic E-state index is -0.317. The normalized spacial score (nSPS) is 11.3. The van der Waals surface area contributed by atoms with Crippen LogP contribution in [0.3, 0.4) is 0 Å². The van der Waals surface area contributed by atoms with Crippen LogP contribution in [0, 0.1) is 12.7 Å². The third kappa shape index (κ3) is 4.93. The summed E-state index contributed by atoms with van der Waals surface area (Å²) in [4.78, 5) is 16.9. The summed E-state index contributed by atoms with van der Waals surface area (Å²) >= 11 is 0. The maximum Gasteiger partial charge on any atom is 0.227 e. The zero-order valence-corrected chi connectivity index (χ0v) is 18.1. The fourth-order valence-electron chi connectivity index (χ4n) is 3.32. The summed E-state index contributed by atoms with van der Waals surface area (Å²) in [5.74, 6) is 0.841. The number of benzene rings is 2. The van der Waals surface area contributed by atoms with Crippen molar-refractivity contribution < 1.29 is 13.7 Å². The highest BCUT2D eigenvalue weighted by atomic mass is 19.1. The van der Waals surface area contributed by atoms with E-state index < -0.39 is 0 Å². The van der Waals surface area contributed by atoms with E-state index in [0.29, 0.717) is 41.1 Å². The van der Waals surface area contributed by atoms with Crippen LogP contribution >= 0.6 is 0 Å². The van der Waals surface area contributed by atoms with Crippen molar-refractivity contribution in [2.75, 3.05) is 5.32 Å². The lowest BCUT2D eigenvalue weighted by molar-refractivity contribution is -0.116. The van der Waals surface area contributed by atoms with Crippen LogP contribution in [-0.2, 0) is 11.2 Å². The molecule has 3 rings (SSSR count). The van der Waals surface area contributed by atoms with Gasteiger partial charge < -0.3 is 9.84 Å². The van der Waals surface area contributed by atoms with Crippen LogP contribution in [0.1, 0.15) is 68.5 Å². The molecule has 158 valence electrons. The number of aromatic nitrogens is 2. The van der Waals surface area contributed by atoms with Gasteiger partial charge in [-0.05, 0) is 41.5 Å². The number of nitrogens with zero attached hydrogens (tertiary/aromatic N) is 2. The highest BCUT2D eigenvalue weighted by Gasteiger charge is 2.17. The van der Waals surface area contributed by atoms with Gasteiger partial charge in [0.05, 0.1) is 0 Å². The maximum absolute atomic E-state index is 13.8. The molecule has 3 aromatic rings. The van der Waals surface area contributed by atoms with E-state index >= 15 is 0 Å². The van der Waals surface area contributed by atoms with Gasteiger partial charge in [-0.3, -0.25) is 4.79 Å². The minimum absolute atomic E-state index is 0.105. The molecule has 1 aromatic heterocycles. The van der Waals surface area contributed by atoms with Crippen molar-refractivity contribution in [3.8, 4) is 11.4 Å². The quantitative estimate of drug-likeness (QED) is 0.519. The molecule has 0 bridgehead atoms. The van der Waals surface area contributed by atoms with E-state index in [-0.39, 0.29) is 18.1 Å². The number of carbonyl (C=O) groups is 1. The third-order valence-electron chi connectivity index (χ3n) is 5.10. The first kappa shape index (κ1) is 21.7. The Morgan fingerprint density at radius 2 is 1.77 bits per heavy atom. The smallest absolute Gasteiger partial charge is 0.227 e. The Balaban J connectivity index is 1.69. The maximum atomic E-state index is 13.8. The van der Waals surface area contributed by atoms with E-state index in [1.807, 2.05) is 6.07 Å². The topological polar surface area (TPSA) is 68.0 Å². The number of amides is 1. The zero-order chi connectivity index (χ0) is 21.8. The van der Waals surface area contributed by atoms with E-state index in [1.165, 1.54) is 6.07 Å². The van der Waals surface area contributed by atoms with Crippen molar-refractivity contribution in [2.24, 2.45) is 0 Å². The number of rotatable bonds is 7. The summed E-state index contributed by atoms with van der Waals surface area (Å²) in [7, 11) is 0. The molecule has 0 unspecified atom stereocenters. The predicted molar refractivity (Wildman–Crippen MR) is 116 cm³/mol. The molecule has 0 spiro atoms. The number of hydrogen-bond acceptors (Lipinski definition) is 4. The molecule has 1 amide bonds. The highest BCUT2D eigenvalue weighted by Crippen LogP contribution is 2.32. The van der Waals surface area contributed by atoms with Crippen LogP contribution < -0.4 is 5.32 Å². The number of halogens is 1. The Labute approximate surface area is 176 Å². The summed E-state index contributed by atoms with van der Waals surface area (Å²) < 4.78 is 19.0. The standard InChI is InChI=1S/C24H28FN3O2/c1-14(2)18-7-6-8-19(15(3)4)23(18)26-21(29)11-12-22-27-24(28-30-22)17-10-9-16(5)20(25)13-17/h6-10,13-15H,11-12H2,1-5H3,(H,26,29). The molecule has 1 heterocycles. The lowest BCUT2D eigenvalue weighted by Crippen LogP contribution is -2.16. The molecule has 2 aromatic carbocycles. The lowest BCUT2D eigenvalue weighted by atomic mass is 9.92. The Morgan fingerprint density at radius 1 is 1.10 bits per heavy atom. The van der Waals surface area contributed by atoms with E-state index in [4.69, 9.17) is 4.52 Å². The molecular formula is C24H28FN3O2. The number of aryl methyl sites for hydroxylation is 2. The monoisotopic (exact) mass is 409 g/mol. The number of nitrogens with one attached hydrogen (secondary N) is 1. The first-order valence-corrected chi connectivity index (χ1v) is 10.3. The second-order valence-electron chi connectivity index (χ2n) is 8.14. The number of carbonyl (C=O) groups excluding carboxylic acids is 1. The van der Waals surface area contributed by atoms with Crippen LogP contribution in [0.4, 0.5) is 10.1 Å². The third-order valence-corrected chi connectivity index (χ3v) is 5.10. The minimum Gasteiger partial charge on any atom is -0.339 e. The molecule has 0 aliphatic carbocycles. The second kappa shape index (κ2) is 9.20. The summed E-state index contributed by atoms with van der Waals surface area (Å²) in [6.45, 7) is 10.2. The Hall–Kier alpha value is -3.02. The summed E-state index contributed by atoms with van der Waals surface area (Å²) in [5, 5.41) is 7.00. The Kier molecular flexibility index (Phi) is 6.65. The van der Waals surface area contributed by atoms with Gasteiger partial charge in [0.15, 0.2) is 0 Å². The molecular weight excluding hydrogens is 381 g/mol. The Morgan fingerprint density at radius 3 is 2.37 bits per heavy atom. The number of para-hydroxylation sites is 1. The van der Waals surface area contributed by atoms with E-state index in [2.05, 4.69) is 55.3 Å². The molecule has 0 saturated heterocycles. The zero-order valence-electron chi connectivity index (χ0n) is 18.1. The van der Waals surface area contributed by atoms with Crippen LogP contribution in [0.5, 0.6) is 0 Å². The molecule has 30 heavy (non-hydrogen) atoms. The molecule has 0 fully saturated rings. The molecule has 0 saturated carbocycles. The van der Waals surface area contributed by atoms with Crippen molar-refractivity contribution in [3.63, 3.8) is 0 Å². The van der Waals surface area contributed by atoms with Crippen molar-refractivity contribution in [2.45, 2.75) is 59.3 Å². The average molecular weight is 410 g/mol. The van der Waals surface area contributed by atoms with Crippen molar-refractivity contribution >= 4 is 11.6 Å². The fourth-order valence-corrected chi connectivity index (χ4v) is 3.32. The van der Waals surface area contributed by atoms with Gasteiger partial charge in [-0.25, -0.2) is 4.39 Å². The van der Waals surface area contributed by atoms with Gasteiger partial charge in [-0.15, -0.1) is 0 Å². The molecule has 0 aliphatic rings. The molecule has 0 atom stereocenters. The highest BCUT2D eigenvalue weighted by molar-refractivity contribution is 5.92. The second-order valence-corrected chi connectivity index (χ2v) is 8.14. The van der Waals surface area contributed by atoms with E-state index in [9.17, 15) is 9.18 Å². The Bertz CT molecular complexity index is 1010. The number of hydrogen-bond donors (Lipinski definition) is 1. The predicted octanol–water partition coefficient (Wildman–Crippen LogP) is 6.00. The van der Waals surface area contributed by atoms with Crippen molar-refractivity contribution in [3.05, 3.63) is 64.8 Å². The first-order valence-electron chi connectivity index (χ1n) is 10.3. The molecule has 6 heteroatoms. The van der Waals surface area contributed by atoms with Gasteiger partial charge in [-0.1, -0.05) is 63.2 Å². The van der Waals surface area contributed by atoms with E-state index in [0.717, 1.165) is 16.8 Å². The largest absolute Gasteiger partial charge is 0.339 e. The van der Waals surface area contributed by atoms with Gasteiger partial charge in [0.2, 0.25) is 17.6 Å².